The molecule has 0 aliphatic carbocycles. The van der Waals surface area contributed by atoms with Crippen molar-refractivity contribution in [2.45, 2.75) is 13.1 Å². The van der Waals surface area contributed by atoms with Crippen LogP contribution in [-0.2, 0) is 17.8 Å². The minimum Gasteiger partial charge on any atom is -0.362 e. The van der Waals surface area contributed by atoms with E-state index in [1.807, 2.05) is 42.7 Å². The molecule has 6 nitrogen and oxygen atoms in total. The summed E-state index contributed by atoms with van der Waals surface area (Å²) in [6.45, 7) is 4.38. The molecule has 33 heavy (non-hydrogen) atoms. The summed E-state index contributed by atoms with van der Waals surface area (Å²) in [5.41, 5.74) is 4.39. The van der Waals surface area contributed by atoms with Gasteiger partial charge in [-0.15, -0.1) is 0 Å². The molecule has 4 aromatic rings. The monoisotopic (exact) mass is 461 g/mol. The van der Waals surface area contributed by atoms with Crippen molar-refractivity contribution in [1.29, 1.82) is 0 Å². The van der Waals surface area contributed by atoms with Gasteiger partial charge in [0.15, 0.2) is 0 Å². The fourth-order valence-corrected chi connectivity index (χ4v) is 3.81. The van der Waals surface area contributed by atoms with Crippen molar-refractivity contribution in [2.75, 3.05) is 31.9 Å². The Morgan fingerprint density at radius 3 is 2.45 bits per heavy atom. The molecule has 0 spiro atoms. The van der Waals surface area contributed by atoms with Gasteiger partial charge in [-0.05, 0) is 47.5 Å². The van der Waals surface area contributed by atoms with Crippen LogP contribution < -0.4 is 10.6 Å². The molecule has 0 atom stereocenters. The van der Waals surface area contributed by atoms with E-state index in [1.165, 1.54) is 11.1 Å². The summed E-state index contributed by atoms with van der Waals surface area (Å²) in [7, 11) is 0. The number of rotatable bonds is 12. The smallest absolute Gasteiger partial charge is 0.118 e. The van der Waals surface area contributed by atoms with Gasteiger partial charge in [0.25, 0.3) is 0 Å². The summed E-state index contributed by atoms with van der Waals surface area (Å²) < 4.78 is 5.73. The molecule has 170 valence electrons. The average Bonchev–Trinajstić information content (AvgIpc) is 2.84. The van der Waals surface area contributed by atoms with E-state index in [1.54, 1.807) is 6.20 Å². The van der Waals surface area contributed by atoms with E-state index >= 15 is 0 Å². The molecule has 0 radical (unpaired) electrons. The molecule has 4 rings (SSSR count). The number of anilines is 1. The number of aromatic nitrogens is 2. The Bertz CT molecular complexity index is 1090. The van der Waals surface area contributed by atoms with Gasteiger partial charge in [-0.1, -0.05) is 41.9 Å². The topological polar surface area (TPSA) is 62.3 Å². The molecule has 2 N–H and O–H groups in total. The van der Waals surface area contributed by atoms with Crippen LogP contribution in [0, 0.1) is 0 Å². The van der Waals surface area contributed by atoms with Gasteiger partial charge in [0, 0.05) is 60.9 Å². The van der Waals surface area contributed by atoms with E-state index in [0.717, 1.165) is 42.8 Å². The van der Waals surface area contributed by atoms with E-state index in [2.05, 4.69) is 61.9 Å². The lowest BCUT2D eigenvalue weighted by atomic mass is 10.2. The normalized spacial score (nSPS) is 11.2. The Labute approximate surface area is 199 Å². The number of pyridine rings is 2. The lowest BCUT2D eigenvalue weighted by molar-refractivity contribution is 0.128. The van der Waals surface area contributed by atoms with Gasteiger partial charge in [-0.2, -0.15) is 0 Å². The van der Waals surface area contributed by atoms with Crippen molar-refractivity contribution in [3.8, 4) is 0 Å². The highest BCUT2D eigenvalue weighted by Crippen LogP contribution is 2.24. The van der Waals surface area contributed by atoms with Gasteiger partial charge in [-0.25, -0.2) is 0 Å². The van der Waals surface area contributed by atoms with Gasteiger partial charge in [0.05, 0.1) is 12.2 Å². The predicted molar refractivity (Wildman–Crippen MR) is 134 cm³/mol. The third-order valence-corrected chi connectivity index (χ3v) is 5.52. The zero-order chi connectivity index (χ0) is 22.7. The predicted octanol–water partition coefficient (Wildman–Crippen LogP) is 4.92. The van der Waals surface area contributed by atoms with Crippen molar-refractivity contribution in [1.82, 2.24) is 20.2 Å². The first kappa shape index (κ1) is 23.1. The molecule has 2 aromatic heterocycles. The lowest BCUT2D eigenvalue weighted by Crippen LogP contribution is -2.33. The minimum absolute atomic E-state index is 0.402. The van der Waals surface area contributed by atoms with Crippen LogP contribution in [0.1, 0.15) is 11.1 Å². The molecule has 0 aliphatic rings. The van der Waals surface area contributed by atoms with Crippen molar-refractivity contribution < 1.29 is 4.74 Å². The van der Waals surface area contributed by atoms with Crippen LogP contribution in [0.2, 0.25) is 5.02 Å². The van der Waals surface area contributed by atoms with E-state index in [9.17, 15) is 0 Å². The zero-order valence-corrected chi connectivity index (χ0v) is 19.2. The Kier molecular flexibility index (Phi) is 8.61. The second-order valence-corrected chi connectivity index (χ2v) is 8.18. The maximum absolute atomic E-state index is 6.06. The lowest BCUT2D eigenvalue weighted by Gasteiger charge is -2.23. The number of halogens is 1. The van der Waals surface area contributed by atoms with Gasteiger partial charge in [0.2, 0.25) is 0 Å². The summed E-state index contributed by atoms with van der Waals surface area (Å²) in [6, 6.07) is 22.3. The Hall–Kier alpha value is -3.03. The standard InChI is InChI=1S/C26H28ClN5O/c27-23-6-7-24-25(10-13-30-26(24)16-23)31-20-33-19-29-14-15-32(17-21-4-2-1-3-5-21)18-22-8-11-28-12-9-22/h1-13,16,29H,14-15,17-20H2,(H,30,31). The molecular weight excluding hydrogens is 434 g/mol. The van der Waals surface area contributed by atoms with Crippen molar-refractivity contribution in [2.24, 2.45) is 0 Å². The minimum atomic E-state index is 0.402. The first-order chi connectivity index (χ1) is 16.3. The largest absolute Gasteiger partial charge is 0.362 e. The quantitative estimate of drug-likeness (QED) is 0.231. The number of hydrogen-bond donors (Lipinski definition) is 2. The van der Waals surface area contributed by atoms with Crippen LogP contribution in [0.3, 0.4) is 0 Å². The SMILES string of the molecule is Clc1ccc2c(NCOCNCCN(Cc3ccccc3)Cc3ccncc3)ccnc2c1. The highest BCUT2D eigenvalue weighted by molar-refractivity contribution is 6.31. The van der Waals surface area contributed by atoms with E-state index in [4.69, 9.17) is 16.3 Å². The van der Waals surface area contributed by atoms with Crippen LogP contribution in [0.15, 0.2) is 85.3 Å². The zero-order valence-electron chi connectivity index (χ0n) is 18.5. The fraction of sp³-hybridized carbons (Fsp3) is 0.231. The number of benzene rings is 2. The fourth-order valence-electron chi connectivity index (χ4n) is 3.64. The molecule has 0 aliphatic heterocycles. The highest BCUT2D eigenvalue weighted by Gasteiger charge is 2.07. The Balaban J connectivity index is 1.21. The van der Waals surface area contributed by atoms with E-state index in [-0.39, 0.29) is 0 Å². The van der Waals surface area contributed by atoms with Crippen molar-refractivity contribution in [3.63, 3.8) is 0 Å². The molecule has 2 heterocycles. The molecule has 7 heteroatoms. The average molecular weight is 462 g/mol. The third kappa shape index (κ3) is 7.23. The molecule has 0 unspecified atom stereocenters. The van der Waals surface area contributed by atoms with Crippen LogP contribution >= 0.6 is 11.6 Å². The summed E-state index contributed by atoms with van der Waals surface area (Å²) in [4.78, 5) is 10.9. The number of nitrogens with one attached hydrogen (secondary N) is 2. The molecular formula is C26H28ClN5O. The van der Waals surface area contributed by atoms with Gasteiger partial charge < -0.3 is 10.1 Å². The maximum Gasteiger partial charge on any atom is 0.118 e. The van der Waals surface area contributed by atoms with Crippen molar-refractivity contribution in [3.05, 3.63) is 101 Å². The molecule has 0 saturated heterocycles. The highest BCUT2D eigenvalue weighted by atomic mass is 35.5. The summed E-state index contributed by atoms with van der Waals surface area (Å²) >= 11 is 6.06. The van der Waals surface area contributed by atoms with E-state index in [0.29, 0.717) is 18.5 Å². The number of fused-ring (bicyclic) bond motifs is 1. The maximum atomic E-state index is 6.06. The molecule has 0 fully saturated rings. The van der Waals surface area contributed by atoms with Crippen LogP contribution in [-0.4, -0.2) is 41.4 Å². The third-order valence-electron chi connectivity index (χ3n) is 5.28. The second-order valence-electron chi connectivity index (χ2n) is 7.74. The second kappa shape index (κ2) is 12.3. The molecule has 0 amide bonds. The summed E-state index contributed by atoms with van der Waals surface area (Å²) in [5, 5.41) is 8.38. The van der Waals surface area contributed by atoms with Gasteiger partial charge in [0.1, 0.15) is 6.73 Å². The molecule has 2 aromatic carbocycles. The Morgan fingerprint density at radius 1 is 0.848 bits per heavy atom. The Morgan fingerprint density at radius 2 is 1.64 bits per heavy atom. The van der Waals surface area contributed by atoms with Crippen LogP contribution in [0.25, 0.3) is 10.9 Å². The van der Waals surface area contributed by atoms with Crippen molar-refractivity contribution >= 4 is 28.2 Å². The molecule has 0 saturated carbocycles. The number of hydrogen-bond acceptors (Lipinski definition) is 6. The summed E-state index contributed by atoms with van der Waals surface area (Å²) in [6.07, 6.45) is 5.45. The van der Waals surface area contributed by atoms with Crippen LogP contribution in [0.4, 0.5) is 5.69 Å². The van der Waals surface area contributed by atoms with Gasteiger partial charge >= 0.3 is 0 Å². The van der Waals surface area contributed by atoms with E-state index < -0.39 is 0 Å². The van der Waals surface area contributed by atoms with Gasteiger partial charge in [-0.3, -0.25) is 20.2 Å². The first-order valence-electron chi connectivity index (χ1n) is 11.0. The van der Waals surface area contributed by atoms with Crippen LogP contribution in [0.5, 0.6) is 0 Å². The number of ether oxygens (including phenoxy) is 1. The molecule has 0 bridgehead atoms. The first-order valence-corrected chi connectivity index (χ1v) is 11.4. The number of nitrogens with zero attached hydrogens (tertiary/aromatic N) is 3. The summed E-state index contributed by atoms with van der Waals surface area (Å²) in [5.74, 6) is 0.